The second-order valence-electron chi connectivity index (χ2n) is 7.67. The van der Waals surface area contributed by atoms with Crippen molar-refractivity contribution >= 4 is 21.6 Å². The van der Waals surface area contributed by atoms with E-state index in [9.17, 15) is 0 Å². The fourth-order valence-electron chi connectivity index (χ4n) is 3.22. The van der Waals surface area contributed by atoms with Crippen LogP contribution >= 0.6 is 15.9 Å². The van der Waals surface area contributed by atoms with Gasteiger partial charge in [0.1, 0.15) is 5.75 Å². The van der Waals surface area contributed by atoms with E-state index in [1.54, 1.807) is 0 Å². The predicted molar refractivity (Wildman–Crippen MR) is 120 cm³/mol. The zero-order chi connectivity index (χ0) is 20.0. The van der Waals surface area contributed by atoms with Crippen LogP contribution < -0.4 is 10.2 Å². The van der Waals surface area contributed by atoms with Gasteiger partial charge in [0.15, 0.2) is 0 Å². The minimum Gasteiger partial charge on any atom is -0.493 e. The van der Waals surface area contributed by atoms with E-state index in [2.05, 4.69) is 86.3 Å². The van der Waals surface area contributed by atoms with Gasteiger partial charge in [0.2, 0.25) is 0 Å². The van der Waals surface area contributed by atoms with Gasteiger partial charge < -0.3 is 10.2 Å². The van der Waals surface area contributed by atoms with Gasteiger partial charge in [-0.15, -0.1) is 0 Å². The van der Waals surface area contributed by atoms with Crippen LogP contribution in [0.25, 0.3) is 0 Å². The summed E-state index contributed by atoms with van der Waals surface area (Å²) in [5.74, 6) is 1.98. The Morgan fingerprint density at radius 1 is 1.19 bits per heavy atom. The van der Waals surface area contributed by atoms with Crippen LogP contribution in [0.5, 0.6) is 5.75 Å². The molecule has 4 heteroatoms. The quantitative estimate of drug-likeness (QED) is 0.538. The zero-order valence-electron chi connectivity index (χ0n) is 17.5. The highest BCUT2D eigenvalue weighted by molar-refractivity contribution is 9.11. The van der Waals surface area contributed by atoms with Crippen LogP contribution in [0.2, 0.25) is 0 Å². The second kappa shape index (κ2) is 10.1. The summed E-state index contributed by atoms with van der Waals surface area (Å²) in [5.41, 5.74) is 7.93. The zero-order valence-corrected chi connectivity index (χ0v) is 19.1. The normalized spacial score (nSPS) is 23.2. The van der Waals surface area contributed by atoms with Crippen LogP contribution in [0.3, 0.4) is 0 Å². The maximum Gasteiger partial charge on any atom is 0.131 e. The van der Waals surface area contributed by atoms with Crippen molar-refractivity contribution in [1.82, 2.24) is 5.43 Å². The molecule has 1 aromatic carbocycles. The fraction of sp³-hybridized carbons (Fsp3) is 0.522. The molecule has 0 bridgehead atoms. The van der Waals surface area contributed by atoms with Crippen LogP contribution in [0, 0.1) is 5.92 Å². The van der Waals surface area contributed by atoms with E-state index in [-0.39, 0.29) is 5.92 Å². The maximum absolute atomic E-state index is 6.17. The van der Waals surface area contributed by atoms with Crippen LogP contribution in [0.4, 0.5) is 0 Å². The van der Waals surface area contributed by atoms with Gasteiger partial charge in [0.05, 0.1) is 18.9 Å². The number of hydrazone groups is 1. The molecule has 0 aliphatic carbocycles. The van der Waals surface area contributed by atoms with Gasteiger partial charge in [-0.25, -0.2) is 0 Å². The third kappa shape index (κ3) is 5.71. The Labute approximate surface area is 173 Å². The number of nitrogens with one attached hydrogen (secondary N) is 1. The standard InChI is InChI=1S/C23H33BrN2O/c1-7-27-23-20(16(4)5)13-18(15(2)3)14-21(23)22-17(6)12-19(24)10-8-9-11-25-26-22/h8-9,12-17,25H,7,10-11H2,1-6H3/b9-8-,19-12+,26-22+. The molecule has 0 radical (unpaired) electrons. The summed E-state index contributed by atoms with van der Waals surface area (Å²) in [4.78, 5) is 0. The number of halogens is 1. The van der Waals surface area contributed by atoms with Gasteiger partial charge in [0, 0.05) is 11.5 Å². The molecule has 0 saturated heterocycles. The Morgan fingerprint density at radius 3 is 2.56 bits per heavy atom. The number of allylic oxidation sites excluding steroid dienone is 3. The molecule has 1 unspecified atom stereocenters. The molecule has 2 rings (SSSR count). The molecule has 0 spiro atoms. The lowest BCUT2D eigenvalue weighted by atomic mass is 9.87. The van der Waals surface area contributed by atoms with Crippen LogP contribution in [0.15, 0.2) is 39.9 Å². The minimum absolute atomic E-state index is 0.167. The van der Waals surface area contributed by atoms with Crippen molar-refractivity contribution < 1.29 is 4.74 Å². The summed E-state index contributed by atoms with van der Waals surface area (Å²) in [5, 5.41) is 4.78. The number of ether oxygens (including phenoxy) is 1. The van der Waals surface area contributed by atoms with Crippen molar-refractivity contribution in [3.05, 3.63) is 51.5 Å². The lowest BCUT2D eigenvalue weighted by molar-refractivity contribution is 0.334. The Balaban J connectivity index is 2.69. The molecule has 1 aliphatic rings. The van der Waals surface area contributed by atoms with Gasteiger partial charge in [-0.2, -0.15) is 5.10 Å². The molecule has 1 aromatic rings. The number of nitrogens with zero attached hydrogens (tertiary/aromatic N) is 1. The average Bonchev–Trinajstić information content (AvgIpc) is 2.61. The monoisotopic (exact) mass is 432 g/mol. The molecular formula is C23H33BrN2O. The first-order chi connectivity index (χ1) is 12.8. The predicted octanol–water partition coefficient (Wildman–Crippen LogP) is 6.50. The Kier molecular flexibility index (Phi) is 8.15. The van der Waals surface area contributed by atoms with Crippen molar-refractivity contribution in [2.24, 2.45) is 11.0 Å². The average molecular weight is 433 g/mol. The number of benzene rings is 1. The maximum atomic E-state index is 6.17. The SMILES string of the molecule is CCOc1c(/C2=N/NC/C=C\C/C(Br)=C\C2C)cc(C(C)C)cc1C(C)C. The highest BCUT2D eigenvalue weighted by Gasteiger charge is 2.22. The topological polar surface area (TPSA) is 33.6 Å². The third-order valence-electron chi connectivity index (χ3n) is 4.74. The van der Waals surface area contributed by atoms with E-state index < -0.39 is 0 Å². The van der Waals surface area contributed by atoms with Gasteiger partial charge >= 0.3 is 0 Å². The molecule has 1 heterocycles. The summed E-state index contributed by atoms with van der Waals surface area (Å²) >= 11 is 3.70. The number of hydrogen-bond acceptors (Lipinski definition) is 3. The summed E-state index contributed by atoms with van der Waals surface area (Å²) in [6.45, 7) is 14.5. The molecule has 0 amide bonds. The Morgan fingerprint density at radius 2 is 1.93 bits per heavy atom. The number of hydrogen-bond donors (Lipinski definition) is 1. The van der Waals surface area contributed by atoms with Crippen molar-refractivity contribution in [3.63, 3.8) is 0 Å². The second-order valence-corrected chi connectivity index (χ2v) is 8.68. The molecule has 3 nitrogen and oxygen atoms in total. The highest BCUT2D eigenvalue weighted by atomic mass is 79.9. The largest absolute Gasteiger partial charge is 0.493 e. The molecule has 1 aliphatic heterocycles. The van der Waals surface area contributed by atoms with E-state index in [0.29, 0.717) is 18.4 Å². The van der Waals surface area contributed by atoms with E-state index in [0.717, 1.165) is 30.0 Å². The van der Waals surface area contributed by atoms with E-state index in [1.807, 2.05) is 6.92 Å². The summed E-state index contributed by atoms with van der Waals surface area (Å²) in [7, 11) is 0. The summed E-state index contributed by atoms with van der Waals surface area (Å²) in [6.07, 6.45) is 7.41. The smallest absolute Gasteiger partial charge is 0.131 e. The first kappa shape index (κ1) is 21.7. The third-order valence-corrected chi connectivity index (χ3v) is 5.33. The highest BCUT2D eigenvalue weighted by Crippen LogP contribution is 2.36. The van der Waals surface area contributed by atoms with Gasteiger partial charge in [-0.05, 0) is 46.9 Å². The van der Waals surface area contributed by atoms with Crippen molar-refractivity contribution in [2.45, 2.75) is 59.8 Å². The number of rotatable bonds is 5. The van der Waals surface area contributed by atoms with Gasteiger partial charge in [0.25, 0.3) is 0 Å². The summed E-state index contributed by atoms with van der Waals surface area (Å²) < 4.78 is 7.35. The van der Waals surface area contributed by atoms with Crippen molar-refractivity contribution in [1.29, 1.82) is 0 Å². The molecule has 1 atom stereocenters. The van der Waals surface area contributed by atoms with Crippen LogP contribution in [-0.4, -0.2) is 18.9 Å². The first-order valence-corrected chi connectivity index (χ1v) is 10.8. The molecule has 1 N–H and O–H groups in total. The molecule has 27 heavy (non-hydrogen) atoms. The molecule has 0 aromatic heterocycles. The van der Waals surface area contributed by atoms with E-state index >= 15 is 0 Å². The van der Waals surface area contributed by atoms with Crippen LogP contribution in [0.1, 0.15) is 76.5 Å². The molecule has 0 fully saturated rings. The fourth-order valence-corrected chi connectivity index (χ4v) is 3.80. The minimum atomic E-state index is 0.167. The van der Waals surface area contributed by atoms with Crippen LogP contribution in [-0.2, 0) is 0 Å². The van der Waals surface area contributed by atoms with Crippen molar-refractivity contribution in [2.75, 3.05) is 13.2 Å². The first-order valence-electron chi connectivity index (χ1n) is 9.97. The summed E-state index contributed by atoms with van der Waals surface area (Å²) in [6, 6.07) is 4.57. The van der Waals surface area contributed by atoms with Crippen molar-refractivity contribution in [3.8, 4) is 5.75 Å². The molecule has 148 valence electrons. The lowest BCUT2D eigenvalue weighted by Crippen LogP contribution is -2.20. The Bertz CT molecular complexity index is 732. The Hall–Kier alpha value is -1.55. The molecule has 0 saturated carbocycles. The van der Waals surface area contributed by atoms with E-state index in [4.69, 9.17) is 9.84 Å². The molecular weight excluding hydrogens is 400 g/mol. The van der Waals surface area contributed by atoms with Gasteiger partial charge in [-0.3, -0.25) is 0 Å². The lowest BCUT2D eigenvalue weighted by Gasteiger charge is -2.23. The van der Waals surface area contributed by atoms with Gasteiger partial charge in [-0.1, -0.05) is 74.8 Å². The van der Waals surface area contributed by atoms with E-state index in [1.165, 1.54) is 15.6 Å².